The minimum Gasteiger partial charge on any atom is -0.455 e. The molecule has 0 aliphatic carbocycles. The number of amides is 3. The Labute approximate surface area is 167 Å². The highest BCUT2D eigenvalue weighted by Crippen LogP contribution is 2.23. The first-order valence-corrected chi connectivity index (χ1v) is 9.14. The van der Waals surface area contributed by atoms with Crippen LogP contribution in [0.4, 0.5) is 4.79 Å². The zero-order valence-corrected chi connectivity index (χ0v) is 16.1. The first kappa shape index (κ1) is 19.7. The van der Waals surface area contributed by atoms with Crippen LogP contribution in [-0.2, 0) is 11.3 Å². The van der Waals surface area contributed by atoms with Crippen molar-refractivity contribution in [1.82, 2.24) is 5.32 Å². The number of likely N-dealkylation sites (N-methyl/N-ethyl adjacent to an activating group) is 1. The second kappa shape index (κ2) is 8.73. The van der Waals surface area contributed by atoms with Gasteiger partial charge in [0.15, 0.2) is 11.8 Å². The number of furan rings is 1. The summed E-state index contributed by atoms with van der Waals surface area (Å²) >= 11 is 5.93. The van der Waals surface area contributed by atoms with Crippen molar-refractivity contribution in [2.75, 3.05) is 7.05 Å². The molecule has 2 aromatic carbocycles. The first-order chi connectivity index (χ1) is 13.4. The summed E-state index contributed by atoms with van der Waals surface area (Å²) in [6.45, 7) is 0.444. The van der Waals surface area contributed by atoms with Gasteiger partial charge in [0, 0.05) is 16.1 Å². The maximum Gasteiger partial charge on any atom is 0.319 e. The normalized spacial score (nSPS) is 12.9. The molecule has 0 saturated heterocycles. The minimum atomic E-state index is -0.873. The molecule has 6 nitrogen and oxygen atoms in total. The van der Waals surface area contributed by atoms with Crippen molar-refractivity contribution in [3.05, 3.63) is 83.1 Å². The van der Waals surface area contributed by atoms with E-state index in [2.05, 4.69) is 5.32 Å². The number of rotatable bonds is 6. The molecule has 0 aliphatic heterocycles. The quantitative estimate of drug-likeness (QED) is 0.596. The van der Waals surface area contributed by atoms with E-state index in [-0.39, 0.29) is 0 Å². The lowest BCUT2D eigenvalue weighted by molar-refractivity contribution is -0.917. The van der Waals surface area contributed by atoms with E-state index in [1.807, 2.05) is 61.6 Å². The third kappa shape index (κ3) is 4.79. The summed E-state index contributed by atoms with van der Waals surface area (Å²) in [5, 5.41) is 2.84. The van der Waals surface area contributed by atoms with Gasteiger partial charge in [-0.2, -0.15) is 0 Å². The van der Waals surface area contributed by atoms with E-state index in [0.29, 0.717) is 11.6 Å². The molecule has 3 amide bonds. The molecule has 1 unspecified atom stereocenters. The zero-order chi connectivity index (χ0) is 20.1. The fourth-order valence-corrected chi connectivity index (χ4v) is 3.24. The van der Waals surface area contributed by atoms with E-state index in [1.165, 1.54) is 0 Å². The first-order valence-electron chi connectivity index (χ1n) is 8.76. The van der Waals surface area contributed by atoms with E-state index >= 15 is 0 Å². The molecule has 1 heterocycles. The van der Waals surface area contributed by atoms with E-state index in [4.69, 9.17) is 21.8 Å². The zero-order valence-electron chi connectivity index (χ0n) is 15.3. The molecule has 0 radical (unpaired) electrons. The highest BCUT2D eigenvalue weighted by Gasteiger charge is 2.30. The van der Waals surface area contributed by atoms with Crippen molar-refractivity contribution in [3.8, 4) is 11.3 Å². The lowest BCUT2D eigenvalue weighted by Crippen LogP contribution is -3.09. The fourth-order valence-electron chi connectivity index (χ4n) is 3.12. The molecule has 28 heavy (non-hydrogen) atoms. The van der Waals surface area contributed by atoms with Gasteiger partial charge in [-0.25, -0.2) is 4.79 Å². The van der Waals surface area contributed by atoms with Crippen LogP contribution >= 0.6 is 11.6 Å². The van der Waals surface area contributed by atoms with Gasteiger partial charge in [-0.05, 0) is 36.4 Å². The van der Waals surface area contributed by atoms with Gasteiger partial charge < -0.3 is 15.1 Å². The third-order valence-electron chi connectivity index (χ3n) is 4.38. The van der Waals surface area contributed by atoms with Crippen molar-refractivity contribution in [2.45, 2.75) is 12.6 Å². The molecule has 4 N–H and O–H groups in total. The number of imide groups is 1. The Balaban J connectivity index is 1.80. The van der Waals surface area contributed by atoms with E-state index < -0.39 is 18.0 Å². The molecule has 0 saturated carbocycles. The summed E-state index contributed by atoms with van der Waals surface area (Å²) in [5.74, 6) is 0.980. The standard InChI is InChI=1S/C21H20ClN3O3/c1-25(19(20(26)24-21(23)27)15-5-3-2-4-6-15)13-17-11-12-18(28-17)14-7-9-16(22)10-8-14/h2-12,19H,13H2,1H3,(H3,23,24,26,27)/p+1/t19-/m1/s1. The van der Waals surface area contributed by atoms with E-state index in [0.717, 1.165) is 27.5 Å². The van der Waals surface area contributed by atoms with Gasteiger partial charge >= 0.3 is 6.03 Å². The number of carbonyl (C=O) groups is 2. The number of hydrogen-bond donors (Lipinski definition) is 3. The molecule has 3 aromatic rings. The Morgan fingerprint density at radius 3 is 2.39 bits per heavy atom. The number of hydrogen-bond acceptors (Lipinski definition) is 3. The summed E-state index contributed by atoms with van der Waals surface area (Å²) in [6.07, 6.45) is 0. The number of nitrogens with one attached hydrogen (secondary N) is 2. The highest BCUT2D eigenvalue weighted by molar-refractivity contribution is 6.30. The average Bonchev–Trinajstić information content (AvgIpc) is 3.11. The van der Waals surface area contributed by atoms with Gasteiger partial charge in [-0.15, -0.1) is 0 Å². The molecule has 0 fully saturated rings. The van der Waals surface area contributed by atoms with Crippen LogP contribution in [-0.4, -0.2) is 19.0 Å². The van der Waals surface area contributed by atoms with Crippen molar-refractivity contribution < 1.29 is 18.9 Å². The lowest BCUT2D eigenvalue weighted by atomic mass is 10.0. The summed E-state index contributed by atoms with van der Waals surface area (Å²) in [6, 6.07) is 18.9. The van der Waals surface area contributed by atoms with Gasteiger partial charge in [0.25, 0.3) is 5.91 Å². The number of urea groups is 1. The van der Waals surface area contributed by atoms with Gasteiger partial charge in [-0.1, -0.05) is 41.9 Å². The van der Waals surface area contributed by atoms with Gasteiger partial charge in [-0.3, -0.25) is 10.1 Å². The van der Waals surface area contributed by atoms with Crippen LogP contribution in [0.1, 0.15) is 17.4 Å². The fraction of sp³-hybridized carbons (Fsp3) is 0.143. The topological polar surface area (TPSA) is 89.8 Å². The summed E-state index contributed by atoms with van der Waals surface area (Å²) < 4.78 is 5.94. The second-order valence-corrected chi connectivity index (χ2v) is 6.93. The molecular weight excluding hydrogens is 378 g/mol. The summed E-state index contributed by atoms with van der Waals surface area (Å²) in [5.41, 5.74) is 6.83. The van der Waals surface area contributed by atoms with Crippen molar-refractivity contribution in [2.24, 2.45) is 5.73 Å². The SMILES string of the molecule is C[NH+](Cc1ccc(-c2ccc(Cl)cc2)o1)[C@@H](C(=O)NC(N)=O)c1ccccc1. The van der Waals surface area contributed by atoms with Crippen LogP contribution in [0, 0.1) is 0 Å². The van der Waals surface area contributed by atoms with Crippen LogP contribution < -0.4 is 16.0 Å². The number of carbonyl (C=O) groups excluding carboxylic acids is 2. The molecule has 0 spiro atoms. The third-order valence-corrected chi connectivity index (χ3v) is 4.63. The highest BCUT2D eigenvalue weighted by atomic mass is 35.5. The van der Waals surface area contributed by atoms with Crippen LogP contribution in [0.15, 0.2) is 71.1 Å². The number of nitrogens with two attached hydrogens (primary N) is 1. The second-order valence-electron chi connectivity index (χ2n) is 6.49. The Morgan fingerprint density at radius 2 is 1.75 bits per heavy atom. The predicted molar refractivity (Wildman–Crippen MR) is 107 cm³/mol. The van der Waals surface area contributed by atoms with Crippen LogP contribution in [0.5, 0.6) is 0 Å². The Hall–Kier alpha value is -3.09. The van der Waals surface area contributed by atoms with Crippen molar-refractivity contribution in [1.29, 1.82) is 0 Å². The molecule has 2 atom stereocenters. The van der Waals surface area contributed by atoms with Crippen molar-refractivity contribution in [3.63, 3.8) is 0 Å². The number of benzene rings is 2. The molecule has 144 valence electrons. The summed E-state index contributed by atoms with van der Waals surface area (Å²) in [7, 11) is 1.86. The van der Waals surface area contributed by atoms with Crippen molar-refractivity contribution >= 4 is 23.5 Å². The Kier molecular flexibility index (Phi) is 6.13. The van der Waals surface area contributed by atoms with E-state index in [1.54, 1.807) is 12.1 Å². The van der Waals surface area contributed by atoms with Crippen LogP contribution in [0.25, 0.3) is 11.3 Å². The molecule has 7 heteroatoms. The maximum absolute atomic E-state index is 12.6. The lowest BCUT2D eigenvalue weighted by Gasteiger charge is -2.23. The van der Waals surface area contributed by atoms with E-state index in [9.17, 15) is 9.59 Å². The maximum atomic E-state index is 12.6. The minimum absolute atomic E-state index is 0.444. The monoisotopic (exact) mass is 398 g/mol. The van der Waals surface area contributed by atoms with Gasteiger partial charge in [0.2, 0.25) is 0 Å². The molecule has 1 aromatic heterocycles. The van der Waals surface area contributed by atoms with Crippen LogP contribution in [0.2, 0.25) is 5.02 Å². The largest absolute Gasteiger partial charge is 0.455 e. The average molecular weight is 399 g/mol. The van der Waals surface area contributed by atoms with Crippen LogP contribution in [0.3, 0.4) is 0 Å². The molecule has 0 aliphatic rings. The predicted octanol–water partition coefficient (Wildman–Crippen LogP) is 2.55. The number of primary amides is 1. The molecule has 0 bridgehead atoms. The Bertz CT molecular complexity index is 955. The van der Waals surface area contributed by atoms with Gasteiger partial charge in [0.1, 0.15) is 12.3 Å². The van der Waals surface area contributed by atoms with Gasteiger partial charge in [0.05, 0.1) is 7.05 Å². The number of halogens is 1. The molecule has 3 rings (SSSR count). The Morgan fingerprint density at radius 1 is 1.07 bits per heavy atom. The molecular formula is C21H21ClN3O3+. The smallest absolute Gasteiger partial charge is 0.319 e. The number of quaternary nitrogens is 1. The summed E-state index contributed by atoms with van der Waals surface area (Å²) in [4.78, 5) is 24.6.